The fourth-order valence-electron chi connectivity index (χ4n) is 3.22. The molecular formula is C17H16N4O. The summed E-state index contributed by atoms with van der Waals surface area (Å²) in [5.41, 5.74) is 10.4. The maximum absolute atomic E-state index is 12.0. The molecule has 5 heteroatoms. The van der Waals surface area contributed by atoms with Gasteiger partial charge in [-0.05, 0) is 44.0 Å². The lowest BCUT2D eigenvalue weighted by atomic mass is 9.96. The van der Waals surface area contributed by atoms with Crippen LogP contribution in [0.1, 0.15) is 34.6 Å². The number of fused-ring (bicyclic) bond motifs is 2. The van der Waals surface area contributed by atoms with Crippen LogP contribution < -0.4 is 5.73 Å². The van der Waals surface area contributed by atoms with Gasteiger partial charge in [-0.3, -0.25) is 4.79 Å². The number of hydrogen-bond acceptors (Lipinski definition) is 4. The lowest BCUT2D eigenvalue weighted by Crippen LogP contribution is -2.12. The molecule has 0 bridgehead atoms. The highest BCUT2D eigenvalue weighted by Gasteiger charge is 2.21. The Bertz CT molecular complexity index is 910. The van der Waals surface area contributed by atoms with Crippen molar-refractivity contribution >= 4 is 22.6 Å². The number of carbonyl (C=O) groups is 1. The number of nitrogens with two attached hydrogens (primary N) is 1. The van der Waals surface area contributed by atoms with Gasteiger partial charge in [0.15, 0.2) is 5.78 Å². The van der Waals surface area contributed by atoms with E-state index in [4.69, 9.17) is 5.73 Å². The van der Waals surface area contributed by atoms with Gasteiger partial charge in [0.1, 0.15) is 0 Å². The number of aryl methyl sites for hydroxylation is 1. The van der Waals surface area contributed by atoms with E-state index in [2.05, 4.69) is 14.5 Å². The minimum Gasteiger partial charge on any atom is -0.368 e. The summed E-state index contributed by atoms with van der Waals surface area (Å²) in [6, 6.07) is 7.96. The summed E-state index contributed by atoms with van der Waals surface area (Å²) in [6.45, 7) is 1.93. The van der Waals surface area contributed by atoms with Crippen LogP contribution in [-0.4, -0.2) is 20.3 Å². The Hall–Kier alpha value is -2.69. The first-order valence-electron chi connectivity index (χ1n) is 7.41. The van der Waals surface area contributed by atoms with Crippen LogP contribution >= 0.6 is 0 Å². The zero-order chi connectivity index (χ0) is 15.3. The molecule has 22 heavy (non-hydrogen) atoms. The molecule has 4 rings (SSSR count). The normalized spacial score (nSPS) is 14.3. The molecule has 110 valence electrons. The van der Waals surface area contributed by atoms with Crippen molar-refractivity contribution in [2.75, 3.05) is 5.73 Å². The second-order valence-electron chi connectivity index (χ2n) is 5.69. The van der Waals surface area contributed by atoms with E-state index in [1.165, 1.54) is 0 Å². The van der Waals surface area contributed by atoms with Crippen LogP contribution in [0.2, 0.25) is 0 Å². The Labute approximate surface area is 127 Å². The lowest BCUT2D eigenvalue weighted by molar-refractivity contribution is 0.0972. The monoisotopic (exact) mass is 292 g/mol. The van der Waals surface area contributed by atoms with Gasteiger partial charge in [-0.25, -0.2) is 9.97 Å². The van der Waals surface area contributed by atoms with Crippen molar-refractivity contribution < 1.29 is 4.79 Å². The van der Waals surface area contributed by atoms with Gasteiger partial charge in [0, 0.05) is 34.9 Å². The number of aromatic nitrogens is 3. The first-order chi connectivity index (χ1) is 10.6. The highest BCUT2D eigenvalue weighted by Crippen LogP contribution is 2.27. The standard InChI is InChI=1S/C17H16N4O/c1-10-12-6-5-11(9-14(12)20-17(18)19-10)21-8-7-13-15(21)3-2-4-16(13)22/h5-9H,2-4H2,1H3,(H2,18,19,20). The predicted molar refractivity (Wildman–Crippen MR) is 85.3 cm³/mol. The Morgan fingerprint density at radius 1 is 1.18 bits per heavy atom. The summed E-state index contributed by atoms with van der Waals surface area (Å²) in [5.74, 6) is 0.523. The first-order valence-corrected chi connectivity index (χ1v) is 7.41. The van der Waals surface area contributed by atoms with Gasteiger partial charge < -0.3 is 10.3 Å². The summed E-state index contributed by atoms with van der Waals surface area (Å²) in [6.07, 6.45) is 4.46. The van der Waals surface area contributed by atoms with Gasteiger partial charge >= 0.3 is 0 Å². The summed E-state index contributed by atoms with van der Waals surface area (Å²) >= 11 is 0. The molecule has 0 aliphatic heterocycles. The Kier molecular flexibility index (Phi) is 2.76. The molecule has 0 amide bonds. The first kappa shape index (κ1) is 13.0. The average molecular weight is 292 g/mol. The van der Waals surface area contributed by atoms with Crippen molar-refractivity contribution in [2.45, 2.75) is 26.2 Å². The number of ketones is 1. The van der Waals surface area contributed by atoms with Crippen LogP contribution in [0.4, 0.5) is 5.95 Å². The molecule has 1 aliphatic carbocycles. The highest BCUT2D eigenvalue weighted by molar-refractivity contribution is 5.98. The number of carbonyl (C=O) groups excluding carboxylic acids is 1. The van der Waals surface area contributed by atoms with E-state index in [0.717, 1.165) is 46.4 Å². The van der Waals surface area contributed by atoms with Gasteiger partial charge in [-0.2, -0.15) is 0 Å². The van der Waals surface area contributed by atoms with Crippen LogP contribution in [-0.2, 0) is 6.42 Å². The predicted octanol–water partition coefficient (Wildman–Crippen LogP) is 2.83. The largest absolute Gasteiger partial charge is 0.368 e. The third kappa shape index (κ3) is 1.89. The van der Waals surface area contributed by atoms with Crippen molar-refractivity contribution in [1.29, 1.82) is 0 Å². The second kappa shape index (κ2) is 4.66. The SMILES string of the molecule is Cc1nc(N)nc2cc(-n3ccc4c3CCCC4=O)ccc12. The minimum absolute atomic E-state index is 0.239. The van der Waals surface area contributed by atoms with Crippen LogP contribution in [0.25, 0.3) is 16.6 Å². The molecule has 0 unspecified atom stereocenters. The van der Waals surface area contributed by atoms with E-state index >= 15 is 0 Å². The summed E-state index contributed by atoms with van der Waals surface area (Å²) in [7, 11) is 0. The van der Waals surface area contributed by atoms with Crippen LogP contribution in [0.5, 0.6) is 0 Å². The van der Waals surface area contributed by atoms with Crippen molar-refractivity contribution in [1.82, 2.24) is 14.5 Å². The minimum atomic E-state index is 0.239. The number of anilines is 1. The van der Waals surface area contributed by atoms with Gasteiger partial charge in [-0.15, -0.1) is 0 Å². The number of nitrogen functional groups attached to an aromatic ring is 1. The van der Waals surface area contributed by atoms with Gasteiger partial charge in [-0.1, -0.05) is 0 Å². The molecule has 2 heterocycles. The Morgan fingerprint density at radius 2 is 2.05 bits per heavy atom. The van der Waals surface area contributed by atoms with Gasteiger partial charge in [0.2, 0.25) is 5.95 Å². The van der Waals surface area contributed by atoms with Crippen molar-refractivity contribution in [3.63, 3.8) is 0 Å². The summed E-state index contributed by atoms with van der Waals surface area (Å²) in [4.78, 5) is 20.5. The topological polar surface area (TPSA) is 73.8 Å². The van der Waals surface area contributed by atoms with Crippen molar-refractivity contribution in [3.05, 3.63) is 47.4 Å². The van der Waals surface area contributed by atoms with E-state index in [1.54, 1.807) is 0 Å². The molecule has 0 atom stereocenters. The van der Waals surface area contributed by atoms with Gasteiger partial charge in [0.05, 0.1) is 11.2 Å². The molecule has 2 N–H and O–H groups in total. The summed E-state index contributed by atoms with van der Waals surface area (Å²) in [5, 5.41) is 0.995. The molecule has 0 spiro atoms. The highest BCUT2D eigenvalue weighted by atomic mass is 16.1. The lowest BCUT2D eigenvalue weighted by Gasteiger charge is -2.15. The molecule has 2 aromatic heterocycles. The Balaban J connectivity index is 1.90. The van der Waals surface area contributed by atoms with Crippen LogP contribution in [0.3, 0.4) is 0 Å². The number of Topliss-reactive ketones (excluding diaryl/α,β-unsaturated/α-hetero) is 1. The fraction of sp³-hybridized carbons (Fsp3) is 0.235. The maximum Gasteiger partial charge on any atom is 0.220 e. The molecular weight excluding hydrogens is 276 g/mol. The van der Waals surface area contributed by atoms with Crippen molar-refractivity contribution in [2.24, 2.45) is 0 Å². The zero-order valence-corrected chi connectivity index (χ0v) is 12.3. The Morgan fingerprint density at radius 3 is 2.91 bits per heavy atom. The quantitative estimate of drug-likeness (QED) is 0.748. The third-order valence-electron chi connectivity index (χ3n) is 4.28. The molecule has 3 aromatic rings. The molecule has 0 saturated heterocycles. The van der Waals surface area contributed by atoms with Crippen LogP contribution in [0.15, 0.2) is 30.5 Å². The summed E-state index contributed by atoms with van der Waals surface area (Å²) < 4.78 is 2.08. The smallest absolute Gasteiger partial charge is 0.220 e. The number of nitrogens with zero attached hydrogens (tertiary/aromatic N) is 3. The molecule has 0 radical (unpaired) electrons. The van der Waals surface area contributed by atoms with E-state index in [1.807, 2.05) is 37.4 Å². The molecule has 1 aliphatic rings. The fourth-order valence-corrected chi connectivity index (χ4v) is 3.22. The number of benzene rings is 1. The zero-order valence-electron chi connectivity index (χ0n) is 12.3. The van der Waals surface area contributed by atoms with E-state index in [-0.39, 0.29) is 11.7 Å². The number of hydrogen-bond donors (Lipinski definition) is 1. The molecule has 0 saturated carbocycles. The maximum atomic E-state index is 12.0. The van der Waals surface area contributed by atoms with Crippen LogP contribution in [0, 0.1) is 6.92 Å². The second-order valence-corrected chi connectivity index (χ2v) is 5.69. The van der Waals surface area contributed by atoms with E-state index in [9.17, 15) is 4.79 Å². The molecule has 0 fully saturated rings. The molecule has 1 aromatic carbocycles. The number of rotatable bonds is 1. The average Bonchev–Trinajstić information content (AvgIpc) is 2.92. The van der Waals surface area contributed by atoms with E-state index in [0.29, 0.717) is 6.42 Å². The van der Waals surface area contributed by atoms with Gasteiger partial charge in [0.25, 0.3) is 0 Å². The van der Waals surface area contributed by atoms with E-state index < -0.39 is 0 Å². The molecule has 5 nitrogen and oxygen atoms in total. The van der Waals surface area contributed by atoms with Crippen molar-refractivity contribution in [3.8, 4) is 5.69 Å². The third-order valence-corrected chi connectivity index (χ3v) is 4.28.